The molecular weight excluding hydrogens is 380 g/mol. The molecule has 0 saturated heterocycles. The van der Waals surface area contributed by atoms with Gasteiger partial charge in [-0.3, -0.25) is 14.5 Å². The lowest BCUT2D eigenvalue weighted by atomic mass is 10.1. The Morgan fingerprint density at radius 3 is 2.31 bits per heavy atom. The smallest absolute Gasteiger partial charge is 0.238 e. The zero-order valence-electron chi connectivity index (χ0n) is 16.7. The summed E-state index contributed by atoms with van der Waals surface area (Å²) in [6, 6.07) is 8.41. The van der Waals surface area contributed by atoms with Crippen LogP contribution in [0, 0.1) is 25.5 Å². The molecule has 0 aromatic heterocycles. The molecule has 2 aromatic carbocycles. The maximum Gasteiger partial charge on any atom is 0.238 e. The third-order valence-corrected chi connectivity index (χ3v) is 4.43. The maximum absolute atomic E-state index is 13.7. The van der Waals surface area contributed by atoms with Gasteiger partial charge in [-0.15, -0.1) is 0 Å². The summed E-state index contributed by atoms with van der Waals surface area (Å²) in [5, 5.41) is 5.16. The number of aryl methyl sites for hydroxylation is 1. The Morgan fingerprint density at radius 2 is 1.66 bits per heavy atom. The van der Waals surface area contributed by atoms with Crippen LogP contribution in [0.1, 0.15) is 11.1 Å². The van der Waals surface area contributed by atoms with Crippen LogP contribution in [-0.2, 0) is 14.3 Å². The molecule has 156 valence electrons. The molecule has 0 aliphatic carbocycles. The second-order valence-electron chi connectivity index (χ2n) is 6.67. The van der Waals surface area contributed by atoms with Crippen LogP contribution in [0.5, 0.6) is 0 Å². The molecule has 0 radical (unpaired) electrons. The molecule has 0 aliphatic heterocycles. The van der Waals surface area contributed by atoms with Crippen LogP contribution in [0.3, 0.4) is 0 Å². The number of benzene rings is 2. The Morgan fingerprint density at radius 1 is 1.00 bits per heavy atom. The maximum atomic E-state index is 13.7. The van der Waals surface area contributed by atoms with E-state index in [2.05, 4.69) is 10.6 Å². The van der Waals surface area contributed by atoms with Crippen molar-refractivity contribution in [2.24, 2.45) is 0 Å². The number of hydrogen-bond donors (Lipinski definition) is 2. The van der Waals surface area contributed by atoms with Crippen molar-refractivity contribution in [3.63, 3.8) is 0 Å². The number of carbonyl (C=O) groups is 2. The molecular formula is C21H25F2N3O3. The van der Waals surface area contributed by atoms with Crippen molar-refractivity contribution in [1.82, 2.24) is 4.90 Å². The summed E-state index contributed by atoms with van der Waals surface area (Å²) in [6.07, 6.45) is 0. The predicted molar refractivity (Wildman–Crippen MR) is 108 cm³/mol. The Hall–Kier alpha value is -2.84. The van der Waals surface area contributed by atoms with E-state index in [9.17, 15) is 18.4 Å². The fourth-order valence-electron chi connectivity index (χ4n) is 2.70. The minimum Gasteiger partial charge on any atom is -0.383 e. The van der Waals surface area contributed by atoms with Crippen LogP contribution in [0.4, 0.5) is 20.2 Å². The van der Waals surface area contributed by atoms with Crippen molar-refractivity contribution < 1.29 is 23.1 Å². The largest absolute Gasteiger partial charge is 0.383 e. The number of nitrogens with zero attached hydrogens (tertiary/aromatic N) is 1. The first-order valence-electron chi connectivity index (χ1n) is 9.12. The lowest BCUT2D eigenvalue weighted by Gasteiger charge is -2.21. The van der Waals surface area contributed by atoms with E-state index in [1.807, 2.05) is 26.0 Å². The van der Waals surface area contributed by atoms with Crippen molar-refractivity contribution in [2.75, 3.05) is 44.0 Å². The fourth-order valence-corrected chi connectivity index (χ4v) is 2.70. The molecule has 0 atom stereocenters. The number of ether oxygens (including phenoxy) is 1. The van der Waals surface area contributed by atoms with Gasteiger partial charge in [-0.1, -0.05) is 12.1 Å². The normalized spacial score (nSPS) is 10.8. The van der Waals surface area contributed by atoms with Gasteiger partial charge in [-0.25, -0.2) is 8.78 Å². The Kier molecular flexibility index (Phi) is 8.23. The van der Waals surface area contributed by atoms with Crippen LogP contribution in [0.2, 0.25) is 0 Å². The molecule has 2 N–H and O–H groups in total. The number of methoxy groups -OCH3 is 1. The average Bonchev–Trinajstić information content (AvgIpc) is 2.66. The highest BCUT2D eigenvalue weighted by Gasteiger charge is 2.17. The molecule has 0 bridgehead atoms. The van der Waals surface area contributed by atoms with Crippen molar-refractivity contribution in [3.8, 4) is 0 Å². The zero-order valence-corrected chi connectivity index (χ0v) is 16.7. The van der Waals surface area contributed by atoms with Gasteiger partial charge in [0, 0.05) is 25.4 Å². The summed E-state index contributed by atoms with van der Waals surface area (Å²) in [4.78, 5) is 26.3. The van der Waals surface area contributed by atoms with E-state index < -0.39 is 17.5 Å². The third kappa shape index (κ3) is 6.92. The molecule has 0 aliphatic rings. The first-order valence-corrected chi connectivity index (χ1v) is 9.12. The summed E-state index contributed by atoms with van der Waals surface area (Å²) in [5.41, 5.74) is 2.47. The lowest BCUT2D eigenvalue weighted by molar-refractivity contribution is -0.120. The Bertz CT molecular complexity index is 856. The van der Waals surface area contributed by atoms with Crippen molar-refractivity contribution >= 4 is 23.2 Å². The van der Waals surface area contributed by atoms with Crippen LogP contribution < -0.4 is 10.6 Å². The summed E-state index contributed by atoms with van der Waals surface area (Å²) in [5.74, 6) is -2.26. The molecule has 0 unspecified atom stereocenters. The molecule has 2 amide bonds. The second kappa shape index (κ2) is 10.6. The standard InChI is InChI=1S/C21H25F2N3O3/c1-14-5-4-6-18(15(14)2)24-20(27)12-26(9-10-29-3)13-21(28)25-19-11-16(22)7-8-17(19)23/h4-8,11H,9-10,12-13H2,1-3H3,(H,24,27)(H,25,28). The van der Waals surface area contributed by atoms with Gasteiger partial charge in [-0.05, 0) is 43.2 Å². The molecule has 29 heavy (non-hydrogen) atoms. The molecule has 2 rings (SSSR count). The van der Waals surface area contributed by atoms with E-state index in [4.69, 9.17) is 4.74 Å². The van der Waals surface area contributed by atoms with Crippen LogP contribution in [0.25, 0.3) is 0 Å². The van der Waals surface area contributed by atoms with Crippen molar-refractivity contribution in [3.05, 3.63) is 59.2 Å². The monoisotopic (exact) mass is 405 g/mol. The van der Waals surface area contributed by atoms with Gasteiger partial charge < -0.3 is 15.4 Å². The minimum atomic E-state index is -0.740. The number of anilines is 2. The van der Waals surface area contributed by atoms with E-state index in [1.54, 1.807) is 11.0 Å². The Balaban J connectivity index is 2.00. The lowest BCUT2D eigenvalue weighted by Crippen LogP contribution is -2.40. The van der Waals surface area contributed by atoms with Gasteiger partial charge >= 0.3 is 0 Å². The van der Waals surface area contributed by atoms with Gasteiger partial charge in [0.1, 0.15) is 11.6 Å². The van der Waals surface area contributed by atoms with Crippen LogP contribution >= 0.6 is 0 Å². The number of rotatable bonds is 9. The first-order chi connectivity index (χ1) is 13.8. The van der Waals surface area contributed by atoms with E-state index in [-0.39, 0.29) is 24.7 Å². The third-order valence-electron chi connectivity index (χ3n) is 4.43. The summed E-state index contributed by atoms with van der Waals surface area (Å²) in [7, 11) is 1.51. The van der Waals surface area contributed by atoms with Gasteiger partial charge in [0.15, 0.2) is 0 Å². The number of carbonyl (C=O) groups excluding carboxylic acids is 2. The highest BCUT2D eigenvalue weighted by molar-refractivity contribution is 5.95. The zero-order chi connectivity index (χ0) is 21.4. The van der Waals surface area contributed by atoms with Crippen molar-refractivity contribution in [2.45, 2.75) is 13.8 Å². The number of halogens is 2. The van der Waals surface area contributed by atoms with Crippen molar-refractivity contribution in [1.29, 1.82) is 0 Å². The fraction of sp³-hybridized carbons (Fsp3) is 0.333. The number of hydrogen-bond acceptors (Lipinski definition) is 4. The molecule has 0 saturated carbocycles. The van der Waals surface area contributed by atoms with E-state index >= 15 is 0 Å². The van der Waals surface area contributed by atoms with Crippen LogP contribution in [-0.4, -0.2) is 50.1 Å². The summed E-state index contributed by atoms with van der Waals surface area (Å²) < 4.78 is 32.0. The summed E-state index contributed by atoms with van der Waals surface area (Å²) >= 11 is 0. The van der Waals surface area contributed by atoms with E-state index in [0.29, 0.717) is 18.8 Å². The van der Waals surface area contributed by atoms with Gasteiger partial charge in [0.25, 0.3) is 0 Å². The highest BCUT2D eigenvalue weighted by atomic mass is 19.1. The predicted octanol–water partition coefficient (Wildman–Crippen LogP) is 3.11. The quantitative estimate of drug-likeness (QED) is 0.673. The molecule has 8 heteroatoms. The molecule has 0 spiro atoms. The highest BCUT2D eigenvalue weighted by Crippen LogP contribution is 2.18. The molecule has 2 aromatic rings. The first kappa shape index (κ1) is 22.4. The number of amides is 2. The number of nitrogens with one attached hydrogen (secondary N) is 2. The van der Waals surface area contributed by atoms with E-state index in [0.717, 1.165) is 29.3 Å². The second-order valence-corrected chi connectivity index (χ2v) is 6.67. The van der Waals surface area contributed by atoms with E-state index in [1.165, 1.54) is 7.11 Å². The molecule has 0 heterocycles. The SMILES string of the molecule is COCCN(CC(=O)Nc1cc(F)ccc1F)CC(=O)Nc1cccc(C)c1C. The molecule has 0 fully saturated rings. The molecule has 6 nitrogen and oxygen atoms in total. The summed E-state index contributed by atoms with van der Waals surface area (Å²) in [6.45, 7) is 4.24. The van der Waals surface area contributed by atoms with Gasteiger partial charge in [0.2, 0.25) is 11.8 Å². The van der Waals surface area contributed by atoms with Gasteiger partial charge in [-0.2, -0.15) is 0 Å². The van der Waals surface area contributed by atoms with Gasteiger partial charge in [0.05, 0.1) is 25.4 Å². The van der Waals surface area contributed by atoms with Crippen LogP contribution in [0.15, 0.2) is 36.4 Å². The average molecular weight is 405 g/mol. The minimum absolute atomic E-state index is 0.0597. The Labute approximate surface area is 168 Å². The topological polar surface area (TPSA) is 70.7 Å².